The number of aromatic carboxylic acids is 1. The summed E-state index contributed by atoms with van der Waals surface area (Å²) in [5.74, 6) is -1.46. The number of carboxylic acid groups (broad SMARTS) is 1. The summed E-state index contributed by atoms with van der Waals surface area (Å²) in [5, 5.41) is 13.5. The number of esters is 1. The summed E-state index contributed by atoms with van der Waals surface area (Å²) in [5.41, 5.74) is 1.71. The van der Waals surface area contributed by atoms with Gasteiger partial charge in [0.15, 0.2) is 0 Å². The van der Waals surface area contributed by atoms with Crippen LogP contribution in [0.3, 0.4) is 0 Å². The number of halogens is 1. The highest BCUT2D eigenvalue weighted by Gasteiger charge is 2.26. The van der Waals surface area contributed by atoms with Crippen molar-refractivity contribution in [1.82, 2.24) is 10.1 Å². The predicted molar refractivity (Wildman–Crippen MR) is 119 cm³/mol. The number of carboxylic acids is 1. The van der Waals surface area contributed by atoms with E-state index in [1.165, 1.54) is 38.5 Å². The van der Waals surface area contributed by atoms with Crippen molar-refractivity contribution in [3.8, 4) is 22.8 Å². The first-order valence-electron chi connectivity index (χ1n) is 10.4. The minimum Gasteiger partial charge on any atom is -0.497 e. The van der Waals surface area contributed by atoms with Crippen LogP contribution in [0.1, 0.15) is 28.6 Å². The standard InChI is InChI=1S/C24H25FN2O7/c1-4-33-21(28)14-27(12-16-7-10-18(31-2)11-20(16)32-3)13-19-22(26-34-23(19)24(29)30)15-5-8-17(25)9-6-15/h5-11H,4,12-14H2,1-3H3,(H,29,30). The van der Waals surface area contributed by atoms with Gasteiger partial charge in [0.1, 0.15) is 23.0 Å². The van der Waals surface area contributed by atoms with Crippen molar-refractivity contribution >= 4 is 11.9 Å². The van der Waals surface area contributed by atoms with Crippen LogP contribution in [0.2, 0.25) is 0 Å². The van der Waals surface area contributed by atoms with E-state index < -0.39 is 17.8 Å². The van der Waals surface area contributed by atoms with Crippen LogP contribution >= 0.6 is 0 Å². The molecule has 180 valence electrons. The number of carbonyl (C=O) groups is 2. The highest BCUT2D eigenvalue weighted by Crippen LogP contribution is 2.30. The summed E-state index contributed by atoms with van der Waals surface area (Å²) >= 11 is 0. The molecule has 0 saturated heterocycles. The van der Waals surface area contributed by atoms with Gasteiger partial charge in [0.05, 0.1) is 27.4 Å². The normalized spacial score (nSPS) is 10.9. The summed E-state index contributed by atoms with van der Waals surface area (Å²) in [6, 6.07) is 10.7. The van der Waals surface area contributed by atoms with E-state index in [2.05, 4.69) is 5.16 Å². The molecular formula is C24H25FN2O7. The lowest BCUT2D eigenvalue weighted by atomic mass is 10.0. The topological polar surface area (TPSA) is 111 Å². The van der Waals surface area contributed by atoms with Gasteiger partial charge in [-0.2, -0.15) is 0 Å². The third kappa shape index (κ3) is 5.90. The molecule has 0 spiro atoms. The lowest BCUT2D eigenvalue weighted by Crippen LogP contribution is -2.31. The molecule has 0 fully saturated rings. The van der Waals surface area contributed by atoms with Crippen LogP contribution in [-0.2, 0) is 22.6 Å². The minimum atomic E-state index is -1.31. The molecule has 10 heteroatoms. The molecule has 0 amide bonds. The molecule has 1 heterocycles. The average molecular weight is 472 g/mol. The molecule has 9 nitrogen and oxygen atoms in total. The van der Waals surface area contributed by atoms with E-state index in [-0.39, 0.29) is 43.3 Å². The van der Waals surface area contributed by atoms with Crippen LogP contribution in [0, 0.1) is 5.82 Å². The van der Waals surface area contributed by atoms with Gasteiger partial charge in [-0.25, -0.2) is 9.18 Å². The lowest BCUT2D eigenvalue weighted by Gasteiger charge is -2.23. The Morgan fingerprint density at radius 2 is 1.82 bits per heavy atom. The second-order valence-electron chi connectivity index (χ2n) is 7.28. The number of hydrogen-bond acceptors (Lipinski definition) is 8. The fourth-order valence-electron chi connectivity index (χ4n) is 3.46. The zero-order valence-electron chi connectivity index (χ0n) is 19.0. The molecule has 3 aromatic rings. The molecule has 0 aliphatic carbocycles. The molecule has 0 saturated carbocycles. The van der Waals surface area contributed by atoms with Gasteiger partial charge >= 0.3 is 11.9 Å². The van der Waals surface area contributed by atoms with E-state index in [1.54, 1.807) is 30.0 Å². The van der Waals surface area contributed by atoms with Crippen molar-refractivity contribution in [2.45, 2.75) is 20.0 Å². The van der Waals surface area contributed by atoms with Gasteiger partial charge in [-0.3, -0.25) is 9.69 Å². The third-order valence-electron chi connectivity index (χ3n) is 5.03. The fourth-order valence-corrected chi connectivity index (χ4v) is 3.46. The van der Waals surface area contributed by atoms with Crippen LogP contribution in [0.15, 0.2) is 47.0 Å². The third-order valence-corrected chi connectivity index (χ3v) is 5.03. The summed E-state index contributed by atoms with van der Waals surface area (Å²) in [6.07, 6.45) is 0. The fraction of sp³-hybridized carbons (Fsp3) is 0.292. The quantitative estimate of drug-likeness (QED) is 0.417. The number of benzene rings is 2. The maximum absolute atomic E-state index is 13.4. The molecule has 1 N–H and O–H groups in total. The average Bonchev–Trinajstić information content (AvgIpc) is 3.23. The molecule has 0 bridgehead atoms. The van der Waals surface area contributed by atoms with Gasteiger partial charge in [0.2, 0.25) is 5.76 Å². The number of carbonyl (C=O) groups excluding carboxylic acids is 1. The van der Waals surface area contributed by atoms with E-state index in [1.807, 2.05) is 0 Å². The smallest absolute Gasteiger partial charge is 0.375 e. The molecule has 0 radical (unpaired) electrons. The Labute approximate surface area is 195 Å². The molecule has 3 rings (SSSR count). The summed E-state index contributed by atoms with van der Waals surface area (Å²) in [4.78, 5) is 25.8. The summed E-state index contributed by atoms with van der Waals surface area (Å²) in [6.45, 7) is 1.98. The molecule has 0 aliphatic rings. The second kappa shape index (κ2) is 11.3. The molecule has 1 aromatic heterocycles. The Bertz CT molecular complexity index is 1140. The predicted octanol–water partition coefficient (Wildman–Crippen LogP) is 3.76. The van der Waals surface area contributed by atoms with Crippen molar-refractivity contribution in [3.63, 3.8) is 0 Å². The molecule has 0 aliphatic heterocycles. The second-order valence-corrected chi connectivity index (χ2v) is 7.28. The highest BCUT2D eigenvalue weighted by atomic mass is 19.1. The van der Waals surface area contributed by atoms with Crippen LogP contribution in [0.5, 0.6) is 11.5 Å². The summed E-state index contributed by atoms with van der Waals surface area (Å²) < 4.78 is 34.3. The molecule has 2 aromatic carbocycles. The maximum Gasteiger partial charge on any atom is 0.375 e. The van der Waals surface area contributed by atoms with Crippen LogP contribution in [-0.4, -0.2) is 54.5 Å². The van der Waals surface area contributed by atoms with E-state index in [0.717, 1.165) is 5.56 Å². The van der Waals surface area contributed by atoms with E-state index in [4.69, 9.17) is 18.7 Å². The molecule has 0 atom stereocenters. The monoisotopic (exact) mass is 472 g/mol. The molecular weight excluding hydrogens is 447 g/mol. The zero-order valence-corrected chi connectivity index (χ0v) is 19.0. The molecule has 34 heavy (non-hydrogen) atoms. The first kappa shape index (κ1) is 24.7. The Hall–Kier alpha value is -3.92. The van der Waals surface area contributed by atoms with Crippen molar-refractivity contribution < 1.29 is 37.8 Å². The summed E-state index contributed by atoms with van der Waals surface area (Å²) in [7, 11) is 3.06. The Balaban J connectivity index is 1.99. The van der Waals surface area contributed by atoms with E-state index in [9.17, 15) is 19.1 Å². The van der Waals surface area contributed by atoms with Crippen molar-refractivity contribution in [3.05, 3.63) is 65.2 Å². The number of ether oxygens (including phenoxy) is 3. The number of methoxy groups -OCH3 is 2. The largest absolute Gasteiger partial charge is 0.497 e. The number of aromatic nitrogens is 1. The maximum atomic E-state index is 13.4. The SMILES string of the molecule is CCOC(=O)CN(Cc1ccc(OC)cc1OC)Cc1c(-c2ccc(F)cc2)noc1C(=O)O. The van der Waals surface area contributed by atoms with E-state index >= 15 is 0 Å². The number of nitrogens with zero attached hydrogens (tertiary/aromatic N) is 2. The van der Waals surface area contributed by atoms with E-state index in [0.29, 0.717) is 17.1 Å². The van der Waals surface area contributed by atoms with Crippen molar-refractivity contribution in [2.24, 2.45) is 0 Å². The first-order chi connectivity index (χ1) is 16.4. The lowest BCUT2D eigenvalue weighted by molar-refractivity contribution is -0.144. The highest BCUT2D eigenvalue weighted by molar-refractivity contribution is 5.88. The van der Waals surface area contributed by atoms with Crippen LogP contribution in [0.4, 0.5) is 4.39 Å². The Morgan fingerprint density at radius 3 is 2.44 bits per heavy atom. The number of rotatable bonds is 11. The Kier molecular flexibility index (Phi) is 8.20. The number of hydrogen-bond donors (Lipinski definition) is 1. The van der Waals surface area contributed by atoms with Crippen molar-refractivity contribution in [1.29, 1.82) is 0 Å². The van der Waals surface area contributed by atoms with Gasteiger partial charge in [0.25, 0.3) is 0 Å². The van der Waals surface area contributed by atoms with Gasteiger partial charge in [-0.1, -0.05) is 11.2 Å². The first-order valence-corrected chi connectivity index (χ1v) is 10.4. The van der Waals surface area contributed by atoms with Gasteiger partial charge in [-0.15, -0.1) is 0 Å². The zero-order chi connectivity index (χ0) is 24.7. The van der Waals surface area contributed by atoms with Gasteiger partial charge in [0, 0.05) is 35.8 Å². The van der Waals surface area contributed by atoms with Crippen molar-refractivity contribution in [2.75, 3.05) is 27.4 Å². The van der Waals surface area contributed by atoms with Gasteiger partial charge < -0.3 is 23.8 Å². The van der Waals surface area contributed by atoms with Crippen LogP contribution in [0.25, 0.3) is 11.3 Å². The van der Waals surface area contributed by atoms with Gasteiger partial charge in [-0.05, 0) is 37.3 Å². The Morgan fingerprint density at radius 1 is 1.09 bits per heavy atom. The molecule has 0 unspecified atom stereocenters. The minimum absolute atomic E-state index is 0.00809. The van der Waals surface area contributed by atoms with Crippen LogP contribution < -0.4 is 9.47 Å².